The topological polar surface area (TPSA) is 92.5 Å². The van der Waals surface area contributed by atoms with Crippen LogP contribution in [0.4, 0.5) is 0 Å². The van der Waals surface area contributed by atoms with Gasteiger partial charge in [0.15, 0.2) is 5.49 Å². The maximum atomic E-state index is 13.1. The third-order valence-corrected chi connectivity index (χ3v) is 5.11. The molecule has 0 saturated heterocycles. The number of carbonyl (C=O) groups excluding carboxylic acids is 1. The molecule has 3 aromatic heterocycles. The van der Waals surface area contributed by atoms with E-state index in [1.165, 1.54) is 16.5 Å². The fourth-order valence-electron chi connectivity index (χ4n) is 3.60. The average Bonchev–Trinajstić information content (AvgIpc) is 2.81. The normalized spacial score (nSPS) is 12.0. The van der Waals surface area contributed by atoms with Gasteiger partial charge in [0.2, 0.25) is 0 Å². The molecule has 0 aliphatic rings. The molecule has 0 saturated carbocycles. The number of aromatic nitrogens is 3. The Bertz CT molecular complexity index is 1540. The molecule has 0 aliphatic heterocycles. The Morgan fingerprint density at radius 3 is 2.69 bits per heavy atom. The number of hydrogen-bond acceptors (Lipinski definition) is 4. The summed E-state index contributed by atoms with van der Waals surface area (Å²) < 4.78 is 3.16. The highest BCUT2D eigenvalue weighted by Crippen LogP contribution is 2.13. The lowest BCUT2D eigenvalue weighted by molar-refractivity contribution is -0.113. The van der Waals surface area contributed by atoms with Gasteiger partial charge in [0, 0.05) is 18.8 Å². The Balaban J connectivity index is 1.99. The third-order valence-electron chi connectivity index (χ3n) is 5.11. The Hall–Kier alpha value is -4.31. The quantitative estimate of drug-likeness (QED) is 0.372. The summed E-state index contributed by atoms with van der Waals surface area (Å²) in [7, 11) is 0. The molecule has 0 spiro atoms. The lowest BCUT2D eigenvalue weighted by Crippen LogP contribution is -2.29. The fraction of sp³-hybridized carbons (Fsp3) is 0.160. The molecular formula is C25H21N5O2. The monoisotopic (exact) mass is 423 g/mol. The van der Waals surface area contributed by atoms with Crippen molar-refractivity contribution < 1.29 is 4.79 Å². The van der Waals surface area contributed by atoms with Crippen LogP contribution in [0.1, 0.15) is 30.0 Å². The Morgan fingerprint density at radius 1 is 1.19 bits per heavy atom. The molecule has 0 N–H and O–H groups in total. The number of amides is 1. The van der Waals surface area contributed by atoms with Gasteiger partial charge in [0.05, 0.1) is 10.9 Å². The lowest BCUT2D eigenvalue weighted by Gasteiger charge is -2.13. The van der Waals surface area contributed by atoms with Gasteiger partial charge in [-0.25, -0.2) is 4.98 Å². The summed E-state index contributed by atoms with van der Waals surface area (Å²) in [6, 6.07) is 16.6. The van der Waals surface area contributed by atoms with E-state index in [-0.39, 0.29) is 16.6 Å². The molecule has 4 rings (SSSR count). The van der Waals surface area contributed by atoms with E-state index in [0.717, 1.165) is 11.1 Å². The Kier molecular flexibility index (Phi) is 5.77. The highest BCUT2D eigenvalue weighted by Gasteiger charge is 2.15. The SMILES string of the molecule is CCCn1c(=NC(=O)/C=C\c2ccccc2)c(C#N)cc2c(=O)n3cccc(C)c3nc21. The number of carbonyl (C=O) groups is 1. The number of nitrogens with zero attached hydrogens (tertiary/aromatic N) is 5. The van der Waals surface area contributed by atoms with Crippen LogP contribution in [0.3, 0.4) is 0 Å². The first-order valence-corrected chi connectivity index (χ1v) is 10.3. The van der Waals surface area contributed by atoms with Crippen molar-refractivity contribution >= 4 is 28.7 Å². The van der Waals surface area contributed by atoms with Crippen molar-refractivity contribution in [3.63, 3.8) is 0 Å². The van der Waals surface area contributed by atoms with Crippen LogP contribution >= 0.6 is 0 Å². The van der Waals surface area contributed by atoms with Gasteiger partial charge in [-0.05, 0) is 42.7 Å². The van der Waals surface area contributed by atoms with Gasteiger partial charge in [-0.1, -0.05) is 43.3 Å². The summed E-state index contributed by atoms with van der Waals surface area (Å²) in [5, 5.41) is 10.1. The number of aryl methyl sites for hydroxylation is 2. The van der Waals surface area contributed by atoms with E-state index in [0.29, 0.717) is 29.6 Å². The van der Waals surface area contributed by atoms with Crippen LogP contribution in [-0.2, 0) is 11.3 Å². The highest BCUT2D eigenvalue weighted by molar-refractivity contribution is 5.92. The minimum atomic E-state index is -0.497. The van der Waals surface area contributed by atoms with E-state index in [1.54, 1.807) is 22.9 Å². The van der Waals surface area contributed by atoms with Crippen LogP contribution in [0.2, 0.25) is 0 Å². The van der Waals surface area contributed by atoms with Gasteiger partial charge in [0.25, 0.3) is 11.5 Å². The number of benzene rings is 1. The molecule has 0 fully saturated rings. The van der Waals surface area contributed by atoms with E-state index >= 15 is 0 Å². The molecule has 1 amide bonds. The van der Waals surface area contributed by atoms with Crippen molar-refractivity contribution in [1.82, 2.24) is 14.0 Å². The Morgan fingerprint density at radius 2 is 1.97 bits per heavy atom. The summed E-state index contributed by atoms with van der Waals surface area (Å²) >= 11 is 0. The predicted molar refractivity (Wildman–Crippen MR) is 123 cm³/mol. The van der Waals surface area contributed by atoms with Gasteiger partial charge < -0.3 is 4.57 Å². The van der Waals surface area contributed by atoms with Crippen molar-refractivity contribution in [2.24, 2.45) is 4.99 Å². The van der Waals surface area contributed by atoms with Gasteiger partial charge in [-0.15, -0.1) is 0 Å². The molecule has 1 aromatic carbocycles. The molecule has 4 aromatic rings. The zero-order valence-corrected chi connectivity index (χ0v) is 17.8. The molecule has 0 bridgehead atoms. The van der Waals surface area contributed by atoms with E-state index in [2.05, 4.69) is 11.1 Å². The zero-order chi connectivity index (χ0) is 22.7. The minimum absolute atomic E-state index is 0.152. The second kappa shape index (κ2) is 8.82. The molecule has 32 heavy (non-hydrogen) atoms. The standard InChI is InChI=1S/C25H21N5O2/c1-3-13-29-23(27-21(31)12-11-18-9-5-4-6-10-18)19(16-26)15-20-24(29)28-22-17(2)8-7-14-30(22)25(20)32/h4-12,14-15H,3,13H2,1-2H3/b12-11-,27-23?. The summed E-state index contributed by atoms with van der Waals surface area (Å²) in [6.07, 6.45) is 5.40. The first kappa shape index (κ1) is 20.9. The highest BCUT2D eigenvalue weighted by atomic mass is 16.1. The van der Waals surface area contributed by atoms with E-state index < -0.39 is 5.91 Å². The summed E-state index contributed by atoms with van der Waals surface area (Å²) in [6.45, 7) is 4.30. The largest absolute Gasteiger partial charge is 0.309 e. The van der Waals surface area contributed by atoms with Crippen molar-refractivity contribution in [1.29, 1.82) is 5.26 Å². The van der Waals surface area contributed by atoms with Crippen molar-refractivity contribution in [2.45, 2.75) is 26.8 Å². The maximum Gasteiger partial charge on any atom is 0.271 e. The fourth-order valence-corrected chi connectivity index (χ4v) is 3.60. The predicted octanol–water partition coefficient (Wildman–Crippen LogP) is 3.38. The average molecular weight is 423 g/mol. The third kappa shape index (κ3) is 3.86. The molecule has 0 radical (unpaired) electrons. The van der Waals surface area contributed by atoms with Gasteiger partial charge in [-0.2, -0.15) is 10.3 Å². The van der Waals surface area contributed by atoms with Gasteiger partial charge in [0.1, 0.15) is 17.4 Å². The minimum Gasteiger partial charge on any atom is -0.309 e. The maximum absolute atomic E-state index is 13.1. The van der Waals surface area contributed by atoms with Crippen LogP contribution in [0.15, 0.2) is 70.6 Å². The summed E-state index contributed by atoms with van der Waals surface area (Å²) in [5.41, 5.74) is 2.74. The van der Waals surface area contributed by atoms with Crippen molar-refractivity contribution in [2.75, 3.05) is 0 Å². The van der Waals surface area contributed by atoms with E-state index in [9.17, 15) is 14.9 Å². The molecule has 3 heterocycles. The molecule has 0 atom stereocenters. The van der Waals surface area contributed by atoms with Crippen molar-refractivity contribution in [3.05, 3.63) is 93.3 Å². The van der Waals surface area contributed by atoms with E-state index in [1.807, 2.05) is 50.2 Å². The number of pyridine rings is 2. The van der Waals surface area contributed by atoms with E-state index in [4.69, 9.17) is 4.98 Å². The van der Waals surface area contributed by atoms with Gasteiger partial charge >= 0.3 is 0 Å². The second-order valence-electron chi connectivity index (χ2n) is 7.38. The number of fused-ring (bicyclic) bond motifs is 2. The summed E-state index contributed by atoms with van der Waals surface area (Å²) in [5.74, 6) is -0.497. The second-order valence-corrected chi connectivity index (χ2v) is 7.38. The first-order valence-electron chi connectivity index (χ1n) is 10.3. The molecule has 0 unspecified atom stereocenters. The van der Waals surface area contributed by atoms with Crippen LogP contribution in [-0.4, -0.2) is 19.9 Å². The van der Waals surface area contributed by atoms with Crippen LogP contribution in [0.5, 0.6) is 0 Å². The van der Waals surface area contributed by atoms with Crippen molar-refractivity contribution in [3.8, 4) is 6.07 Å². The molecular weight excluding hydrogens is 402 g/mol. The number of hydrogen-bond donors (Lipinski definition) is 0. The molecule has 0 aliphatic carbocycles. The summed E-state index contributed by atoms with van der Waals surface area (Å²) in [4.78, 5) is 34.7. The molecule has 158 valence electrons. The van der Waals surface area contributed by atoms with Crippen LogP contribution in [0, 0.1) is 18.3 Å². The molecule has 7 nitrogen and oxygen atoms in total. The number of rotatable bonds is 4. The van der Waals surface area contributed by atoms with Gasteiger partial charge in [-0.3, -0.25) is 14.0 Å². The van der Waals surface area contributed by atoms with Crippen LogP contribution < -0.4 is 11.0 Å². The van der Waals surface area contributed by atoms with Crippen LogP contribution in [0.25, 0.3) is 22.8 Å². The first-order chi connectivity index (χ1) is 15.5. The molecule has 7 heteroatoms. The zero-order valence-electron chi connectivity index (χ0n) is 17.8. The Labute approximate surface area is 184 Å². The number of nitriles is 1. The lowest BCUT2D eigenvalue weighted by atomic mass is 10.2. The smallest absolute Gasteiger partial charge is 0.271 e.